The van der Waals surface area contributed by atoms with Crippen molar-refractivity contribution in [2.75, 3.05) is 45.3 Å². The van der Waals surface area contributed by atoms with Gasteiger partial charge in [0.25, 0.3) is 5.91 Å². The number of benzene rings is 3. The van der Waals surface area contributed by atoms with Gasteiger partial charge in [0, 0.05) is 43.5 Å². The van der Waals surface area contributed by atoms with E-state index in [9.17, 15) is 4.79 Å². The maximum atomic E-state index is 13.6. The quantitative estimate of drug-likeness (QED) is 0.345. The maximum Gasteiger partial charge on any atom is 0.254 e. The van der Waals surface area contributed by atoms with Crippen LogP contribution >= 0.6 is 0 Å². The molecule has 3 aromatic carbocycles. The van der Waals surface area contributed by atoms with E-state index in [1.165, 1.54) is 16.8 Å². The van der Waals surface area contributed by atoms with E-state index in [-0.39, 0.29) is 5.91 Å². The zero-order valence-electron chi connectivity index (χ0n) is 21.7. The van der Waals surface area contributed by atoms with E-state index in [0.717, 1.165) is 18.7 Å². The van der Waals surface area contributed by atoms with Crippen molar-refractivity contribution >= 4 is 11.6 Å². The zero-order chi connectivity index (χ0) is 25.9. The Morgan fingerprint density at radius 1 is 0.892 bits per heavy atom. The van der Waals surface area contributed by atoms with E-state index in [0.29, 0.717) is 47.4 Å². The van der Waals surface area contributed by atoms with Crippen LogP contribution in [0.3, 0.4) is 0 Å². The number of methoxy groups -OCH3 is 2. The Kier molecular flexibility index (Phi) is 6.86. The summed E-state index contributed by atoms with van der Waals surface area (Å²) in [7, 11) is 3.21. The summed E-state index contributed by atoms with van der Waals surface area (Å²) >= 11 is 0. The monoisotopic (exact) mass is 497 g/mol. The number of carbonyl (C=O) groups excluding carboxylic acids is 1. The summed E-state index contributed by atoms with van der Waals surface area (Å²) in [4.78, 5) is 22.4. The Morgan fingerprint density at radius 3 is 2.43 bits per heavy atom. The first kappa shape index (κ1) is 24.4. The summed E-state index contributed by atoms with van der Waals surface area (Å²) in [5, 5.41) is 0. The first-order valence-corrected chi connectivity index (χ1v) is 12.4. The van der Waals surface area contributed by atoms with Crippen molar-refractivity contribution in [1.29, 1.82) is 0 Å². The molecule has 1 aliphatic heterocycles. The first-order valence-electron chi connectivity index (χ1n) is 12.4. The van der Waals surface area contributed by atoms with Crippen LogP contribution in [0.15, 0.2) is 71.3 Å². The Labute approximate surface area is 217 Å². The third kappa shape index (κ3) is 4.77. The third-order valence-corrected chi connectivity index (χ3v) is 7.05. The molecule has 4 aromatic rings. The smallest absolute Gasteiger partial charge is 0.254 e. The molecule has 1 saturated heterocycles. The molecule has 5 rings (SSSR count). The lowest BCUT2D eigenvalue weighted by Gasteiger charge is -2.37. The molecule has 0 unspecified atom stereocenters. The second-order valence-corrected chi connectivity index (χ2v) is 9.14. The van der Waals surface area contributed by atoms with Crippen molar-refractivity contribution in [1.82, 2.24) is 9.88 Å². The van der Waals surface area contributed by atoms with Gasteiger partial charge in [0.2, 0.25) is 5.89 Å². The summed E-state index contributed by atoms with van der Waals surface area (Å²) in [6.45, 7) is 7.18. The molecule has 1 aliphatic rings. The normalized spacial score (nSPS) is 13.5. The predicted octanol–water partition coefficient (Wildman–Crippen LogP) is 5.61. The topological polar surface area (TPSA) is 68.0 Å². The van der Waals surface area contributed by atoms with Crippen LogP contribution in [0.5, 0.6) is 11.5 Å². The Balaban J connectivity index is 1.36. The molecule has 0 radical (unpaired) electrons. The van der Waals surface area contributed by atoms with Gasteiger partial charge in [-0.05, 0) is 55.3 Å². The Morgan fingerprint density at radius 2 is 1.68 bits per heavy atom. The maximum absolute atomic E-state index is 13.6. The number of rotatable bonds is 6. The van der Waals surface area contributed by atoms with Crippen molar-refractivity contribution in [3.63, 3.8) is 0 Å². The van der Waals surface area contributed by atoms with E-state index < -0.39 is 0 Å². The van der Waals surface area contributed by atoms with Gasteiger partial charge in [-0.3, -0.25) is 4.79 Å². The first-order chi connectivity index (χ1) is 18.0. The van der Waals surface area contributed by atoms with Gasteiger partial charge in [0.1, 0.15) is 11.5 Å². The van der Waals surface area contributed by atoms with Gasteiger partial charge in [-0.15, -0.1) is 0 Å². The number of carbonyl (C=O) groups is 1. The van der Waals surface area contributed by atoms with Gasteiger partial charge in [-0.2, -0.15) is 0 Å². The van der Waals surface area contributed by atoms with Crippen molar-refractivity contribution in [3.8, 4) is 34.3 Å². The van der Waals surface area contributed by atoms with Crippen molar-refractivity contribution in [3.05, 3.63) is 83.6 Å². The third-order valence-electron chi connectivity index (χ3n) is 7.05. The fraction of sp³-hybridized carbons (Fsp3) is 0.267. The van der Waals surface area contributed by atoms with Crippen molar-refractivity contribution < 1.29 is 18.7 Å². The van der Waals surface area contributed by atoms with Crippen LogP contribution < -0.4 is 14.4 Å². The molecular weight excluding hydrogens is 466 g/mol. The number of aromatic nitrogens is 1. The molecule has 7 nitrogen and oxygen atoms in total. The molecule has 7 heteroatoms. The minimum atomic E-state index is -0.0157. The standard InChI is InChI=1S/C30H31N3O4/c1-20-8-7-11-26(21(20)2)32-14-16-33(17-15-32)30(34)24-10-6-5-9-23(24)29-31-19-28(37-29)25-13-12-22(35-3)18-27(25)36-4/h5-13,18-19H,14-17H2,1-4H3. The highest BCUT2D eigenvalue weighted by Gasteiger charge is 2.26. The van der Waals surface area contributed by atoms with Crippen LogP contribution in [0.2, 0.25) is 0 Å². The van der Waals surface area contributed by atoms with E-state index in [4.69, 9.17) is 13.9 Å². The van der Waals surface area contributed by atoms with Gasteiger partial charge in [0.15, 0.2) is 5.76 Å². The second kappa shape index (κ2) is 10.4. The van der Waals surface area contributed by atoms with Crippen LogP contribution in [0.25, 0.3) is 22.8 Å². The van der Waals surface area contributed by atoms with Crippen molar-refractivity contribution in [2.45, 2.75) is 13.8 Å². The molecule has 37 heavy (non-hydrogen) atoms. The molecule has 0 bridgehead atoms. The molecule has 1 fully saturated rings. The molecule has 1 amide bonds. The minimum Gasteiger partial charge on any atom is -0.497 e. The van der Waals surface area contributed by atoms with Crippen molar-refractivity contribution in [2.24, 2.45) is 0 Å². The van der Waals surface area contributed by atoms with Gasteiger partial charge in [0.05, 0.1) is 31.5 Å². The molecular formula is C30H31N3O4. The highest BCUT2D eigenvalue weighted by molar-refractivity contribution is 6.00. The van der Waals surface area contributed by atoms with Crippen LogP contribution in [0.1, 0.15) is 21.5 Å². The van der Waals surface area contributed by atoms with E-state index in [1.807, 2.05) is 41.3 Å². The fourth-order valence-corrected chi connectivity index (χ4v) is 4.78. The summed E-state index contributed by atoms with van der Waals surface area (Å²) in [6, 6.07) is 19.4. The number of oxazole rings is 1. The van der Waals surface area contributed by atoms with Crippen LogP contribution in [-0.4, -0.2) is 56.2 Å². The number of aryl methyl sites for hydroxylation is 1. The number of amides is 1. The number of piperazine rings is 1. The SMILES string of the molecule is COc1ccc(-c2cnc(-c3ccccc3C(=O)N3CCN(c4cccc(C)c4C)CC3)o2)c(OC)c1. The summed E-state index contributed by atoms with van der Waals surface area (Å²) in [5.74, 6) is 2.24. The number of ether oxygens (including phenoxy) is 2. The van der Waals surface area contributed by atoms with Crippen LogP contribution in [0, 0.1) is 13.8 Å². The lowest BCUT2D eigenvalue weighted by atomic mass is 10.0. The van der Waals surface area contributed by atoms with E-state index in [1.54, 1.807) is 26.5 Å². The molecule has 0 aliphatic carbocycles. The number of hydrogen-bond donors (Lipinski definition) is 0. The lowest BCUT2D eigenvalue weighted by Crippen LogP contribution is -2.49. The average molecular weight is 498 g/mol. The van der Waals surface area contributed by atoms with E-state index >= 15 is 0 Å². The van der Waals surface area contributed by atoms with Crippen LogP contribution in [-0.2, 0) is 0 Å². The van der Waals surface area contributed by atoms with Gasteiger partial charge < -0.3 is 23.7 Å². The molecule has 0 saturated carbocycles. The highest BCUT2D eigenvalue weighted by Crippen LogP contribution is 2.36. The van der Waals surface area contributed by atoms with Crippen LogP contribution in [0.4, 0.5) is 5.69 Å². The van der Waals surface area contributed by atoms with Gasteiger partial charge in [-0.25, -0.2) is 4.98 Å². The predicted molar refractivity (Wildman–Crippen MR) is 145 cm³/mol. The van der Waals surface area contributed by atoms with Gasteiger partial charge in [-0.1, -0.05) is 24.3 Å². The average Bonchev–Trinajstić information content (AvgIpc) is 3.44. The Bertz CT molecular complexity index is 1420. The minimum absolute atomic E-state index is 0.0157. The summed E-state index contributed by atoms with van der Waals surface area (Å²) in [6.07, 6.45) is 1.66. The summed E-state index contributed by atoms with van der Waals surface area (Å²) < 4.78 is 17.0. The number of nitrogens with zero attached hydrogens (tertiary/aromatic N) is 3. The lowest BCUT2D eigenvalue weighted by molar-refractivity contribution is 0.0747. The second-order valence-electron chi connectivity index (χ2n) is 9.14. The molecule has 0 N–H and O–H groups in total. The zero-order valence-corrected chi connectivity index (χ0v) is 21.7. The Hall–Kier alpha value is -4.26. The fourth-order valence-electron chi connectivity index (χ4n) is 4.78. The number of anilines is 1. The molecule has 2 heterocycles. The molecule has 0 spiro atoms. The molecule has 1 aromatic heterocycles. The molecule has 0 atom stereocenters. The highest BCUT2D eigenvalue weighted by atomic mass is 16.5. The van der Waals surface area contributed by atoms with E-state index in [2.05, 4.69) is 41.9 Å². The number of hydrogen-bond acceptors (Lipinski definition) is 6. The van der Waals surface area contributed by atoms with Gasteiger partial charge >= 0.3 is 0 Å². The molecule has 190 valence electrons. The summed E-state index contributed by atoms with van der Waals surface area (Å²) in [5.41, 5.74) is 5.83. The largest absolute Gasteiger partial charge is 0.497 e.